The Labute approximate surface area is 126 Å². The summed E-state index contributed by atoms with van der Waals surface area (Å²) in [6.07, 6.45) is 4.16. The average Bonchev–Trinajstić information content (AvgIpc) is 2.81. The molecule has 0 fully saturated rings. The molecule has 0 unspecified atom stereocenters. The summed E-state index contributed by atoms with van der Waals surface area (Å²) < 4.78 is 3.27. The first-order valence-corrected chi connectivity index (χ1v) is 7.13. The van der Waals surface area contributed by atoms with E-state index >= 15 is 0 Å². The van der Waals surface area contributed by atoms with Gasteiger partial charge in [-0.3, -0.25) is 0 Å². The van der Waals surface area contributed by atoms with E-state index in [9.17, 15) is 0 Å². The van der Waals surface area contributed by atoms with Gasteiger partial charge in [-0.25, -0.2) is 4.98 Å². The minimum Gasteiger partial charge on any atom is -0.378 e. The molecule has 0 aliphatic rings. The highest BCUT2D eigenvalue weighted by Gasteiger charge is 2.05. The molecule has 0 spiro atoms. The molecule has 0 aliphatic carbocycles. The molecule has 0 N–H and O–H groups in total. The van der Waals surface area contributed by atoms with Crippen LogP contribution in [-0.2, 0) is 0 Å². The van der Waals surface area contributed by atoms with Crippen LogP contribution in [0.25, 0.3) is 16.9 Å². The van der Waals surface area contributed by atoms with Gasteiger partial charge in [0.05, 0.1) is 5.69 Å². The molecule has 3 nitrogen and oxygen atoms in total. The van der Waals surface area contributed by atoms with E-state index in [0.717, 1.165) is 16.9 Å². The maximum Gasteiger partial charge on any atom is 0.137 e. The van der Waals surface area contributed by atoms with E-state index in [2.05, 4.69) is 79.6 Å². The molecule has 0 atom stereocenters. The van der Waals surface area contributed by atoms with Crippen molar-refractivity contribution in [3.63, 3.8) is 0 Å². The minimum absolute atomic E-state index is 0.979. The molecule has 0 aliphatic heterocycles. The zero-order chi connectivity index (χ0) is 13.4. The Morgan fingerprint density at radius 3 is 2.42 bits per heavy atom. The number of nitrogens with zero attached hydrogens (tertiary/aromatic N) is 3. The number of aromatic nitrogens is 2. The molecule has 2 aromatic heterocycles. The largest absolute Gasteiger partial charge is 0.378 e. The van der Waals surface area contributed by atoms with Crippen LogP contribution in [0, 0.1) is 3.57 Å². The highest BCUT2D eigenvalue weighted by molar-refractivity contribution is 14.1. The third-order valence-corrected chi connectivity index (χ3v) is 3.73. The van der Waals surface area contributed by atoms with Crippen molar-refractivity contribution in [2.24, 2.45) is 0 Å². The van der Waals surface area contributed by atoms with Crippen LogP contribution in [0.5, 0.6) is 0 Å². The molecule has 2 heterocycles. The van der Waals surface area contributed by atoms with Crippen molar-refractivity contribution in [3.8, 4) is 11.3 Å². The lowest BCUT2D eigenvalue weighted by Crippen LogP contribution is -2.07. The Balaban J connectivity index is 2.03. The molecule has 3 aromatic rings. The summed E-state index contributed by atoms with van der Waals surface area (Å²) in [6.45, 7) is 0. The zero-order valence-electron chi connectivity index (χ0n) is 10.8. The summed E-state index contributed by atoms with van der Waals surface area (Å²) in [6, 6.07) is 12.6. The van der Waals surface area contributed by atoms with E-state index in [1.165, 1.54) is 9.26 Å². The van der Waals surface area contributed by atoms with Gasteiger partial charge in [0.15, 0.2) is 0 Å². The molecule has 3 rings (SSSR count). The third kappa shape index (κ3) is 2.45. The summed E-state index contributed by atoms with van der Waals surface area (Å²) in [4.78, 5) is 6.74. The van der Waals surface area contributed by atoms with E-state index in [4.69, 9.17) is 0 Å². The van der Waals surface area contributed by atoms with E-state index < -0.39 is 0 Å². The second-order valence-electron chi connectivity index (χ2n) is 4.68. The standard InChI is InChI=1S/C15H14IN3/c1-18(2)13-6-3-11(4-7-13)14-10-19-9-12(16)5-8-15(19)17-14/h3-10H,1-2H3/i16+4. The van der Waals surface area contributed by atoms with Gasteiger partial charge in [0.25, 0.3) is 0 Å². The third-order valence-electron chi connectivity index (χ3n) is 3.09. The van der Waals surface area contributed by atoms with Gasteiger partial charge < -0.3 is 9.30 Å². The number of halogens is 1. The average molecular weight is 367 g/mol. The summed E-state index contributed by atoms with van der Waals surface area (Å²) in [7, 11) is 4.09. The Bertz CT molecular complexity index is 714. The number of hydrogen-bond acceptors (Lipinski definition) is 2. The fraction of sp³-hybridized carbons (Fsp3) is 0.133. The van der Waals surface area contributed by atoms with Gasteiger partial charge in [-0.2, -0.15) is 0 Å². The number of rotatable bonds is 2. The van der Waals surface area contributed by atoms with Crippen LogP contribution in [-0.4, -0.2) is 23.5 Å². The molecule has 19 heavy (non-hydrogen) atoms. The smallest absolute Gasteiger partial charge is 0.137 e. The maximum atomic E-state index is 4.64. The van der Waals surface area contributed by atoms with Crippen molar-refractivity contribution < 1.29 is 0 Å². The van der Waals surface area contributed by atoms with Crippen LogP contribution in [0.4, 0.5) is 5.69 Å². The van der Waals surface area contributed by atoms with Gasteiger partial charge >= 0.3 is 0 Å². The lowest BCUT2D eigenvalue weighted by Gasteiger charge is -2.12. The Morgan fingerprint density at radius 2 is 1.74 bits per heavy atom. The Morgan fingerprint density at radius 1 is 1.00 bits per heavy atom. The molecule has 4 heteroatoms. The molecule has 0 bridgehead atoms. The number of anilines is 1. The highest BCUT2D eigenvalue weighted by Crippen LogP contribution is 2.22. The Kier molecular flexibility index (Phi) is 3.18. The van der Waals surface area contributed by atoms with Crippen molar-refractivity contribution in [3.05, 3.63) is 52.4 Å². The van der Waals surface area contributed by atoms with Crippen LogP contribution in [0.1, 0.15) is 0 Å². The molecular weight excluding hydrogens is 353 g/mol. The van der Waals surface area contributed by atoms with E-state index in [0.29, 0.717) is 0 Å². The van der Waals surface area contributed by atoms with Crippen LogP contribution < -0.4 is 4.90 Å². The first kappa shape index (κ1) is 12.5. The van der Waals surface area contributed by atoms with Crippen LogP contribution >= 0.6 is 22.6 Å². The monoisotopic (exact) mass is 367 g/mol. The van der Waals surface area contributed by atoms with Crippen molar-refractivity contribution >= 4 is 33.9 Å². The lowest BCUT2D eigenvalue weighted by molar-refractivity contribution is 1.13. The molecule has 0 radical (unpaired) electrons. The molecule has 1 aromatic carbocycles. The SMILES string of the molecule is CN(C)c1ccc(-c2cn3cc([131I])ccc3n2)cc1. The molecular formula is C15H14IN3. The van der Waals surface area contributed by atoms with E-state index in [1.54, 1.807) is 0 Å². The summed E-state index contributed by atoms with van der Waals surface area (Å²) in [5.74, 6) is 0. The quantitative estimate of drug-likeness (QED) is 0.645. The number of fused-ring (bicyclic) bond motifs is 1. The van der Waals surface area contributed by atoms with Crippen molar-refractivity contribution in [1.82, 2.24) is 9.38 Å². The van der Waals surface area contributed by atoms with Crippen molar-refractivity contribution in [2.75, 3.05) is 19.0 Å². The molecule has 0 saturated carbocycles. The minimum atomic E-state index is 0.979. The van der Waals surface area contributed by atoms with Crippen LogP contribution in [0.2, 0.25) is 0 Å². The van der Waals surface area contributed by atoms with E-state index in [-0.39, 0.29) is 0 Å². The molecule has 96 valence electrons. The Hall–Kier alpha value is -1.56. The van der Waals surface area contributed by atoms with Gasteiger partial charge in [-0.1, -0.05) is 12.1 Å². The van der Waals surface area contributed by atoms with Crippen molar-refractivity contribution in [2.45, 2.75) is 0 Å². The first-order valence-electron chi connectivity index (χ1n) is 6.05. The van der Waals surface area contributed by atoms with Gasteiger partial charge in [0.2, 0.25) is 0 Å². The number of benzene rings is 1. The number of hydrogen-bond donors (Lipinski definition) is 0. The predicted molar refractivity (Wildman–Crippen MR) is 87.7 cm³/mol. The fourth-order valence-corrected chi connectivity index (χ4v) is 2.51. The normalized spacial score (nSPS) is 10.9. The van der Waals surface area contributed by atoms with E-state index in [1.807, 2.05) is 20.2 Å². The van der Waals surface area contributed by atoms with Crippen LogP contribution in [0.3, 0.4) is 0 Å². The van der Waals surface area contributed by atoms with Gasteiger partial charge in [0, 0.05) is 41.3 Å². The lowest BCUT2D eigenvalue weighted by atomic mass is 10.1. The molecule has 0 amide bonds. The zero-order valence-corrected chi connectivity index (χ0v) is 13.0. The maximum absolute atomic E-state index is 4.64. The van der Waals surface area contributed by atoms with Crippen molar-refractivity contribution in [1.29, 1.82) is 0 Å². The summed E-state index contributed by atoms with van der Waals surface area (Å²) >= 11 is 2.31. The second kappa shape index (κ2) is 4.85. The topological polar surface area (TPSA) is 20.5 Å². The summed E-state index contributed by atoms with van der Waals surface area (Å²) in [5.41, 5.74) is 4.32. The number of pyridine rings is 1. The van der Waals surface area contributed by atoms with Gasteiger partial charge in [-0.15, -0.1) is 0 Å². The van der Waals surface area contributed by atoms with Crippen LogP contribution in [0.15, 0.2) is 48.8 Å². The highest BCUT2D eigenvalue weighted by atomic mass is 131. The van der Waals surface area contributed by atoms with Gasteiger partial charge in [0.1, 0.15) is 5.65 Å². The first-order chi connectivity index (χ1) is 9.13. The van der Waals surface area contributed by atoms with Gasteiger partial charge in [-0.05, 0) is 46.9 Å². The fourth-order valence-electron chi connectivity index (χ4n) is 2.03. The summed E-state index contributed by atoms with van der Waals surface area (Å²) in [5, 5.41) is 0. The predicted octanol–water partition coefficient (Wildman–Crippen LogP) is 3.67. The molecule has 0 saturated heterocycles. The second-order valence-corrected chi connectivity index (χ2v) is 5.93. The number of imidazole rings is 1.